The number of thioether (sulfide) groups is 1. The van der Waals surface area contributed by atoms with Crippen LogP contribution < -0.4 is 20.1 Å². The summed E-state index contributed by atoms with van der Waals surface area (Å²) in [6.45, 7) is 5.03. The van der Waals surface area contributed by atoms with E-state index in [1.54, 1.807) is 55.6 Å². The van der Waals surface area contributed by atoms with Gasteiger partial charge in [-0.3, -0.25) is 9.59 Å². The van der Waals surface area contributed by atoms with E-state index in [1.165, 1.54) is 11.8 Å². The van der Waals surface area contributed by atoms with Crippen LogP contribution >= 0.6 is 11.8 Å². The molecule has 1 aromatic heterocycles. The summed E-state index contributed by atoms with van der Waals surface area (Å²) >= 11 is 1.27. The summed E-state index contributed by atoms with van der Waals surface area (Å²) in [7, 11) is 1.59. The molecular weight excluding hydrogens is 442 g/mol. The number of aromatic nitrogens is 3. The van der Waals surface area contributed by atoms with E-state index in [0.717, 1.165) is 11.5 Å². The Kier molecular flexibility index (Phi) is 8.71. The van der Waals surface area contributed by atoms with Gasteiger partial charge in [-0.05, 0) is 62.4 Å². The Balaban J connectivity index is 1.54. The number of amides is 2. The summed E-state index contributed by atoms with van der Waals surface area (Å²) in [6.07, 6.45) is 0.0760. The van der Waals surface area contributed by atoms with Crippen LogP contribution in [0, 0.1) is 0 Å². The molecule has 0 saturated heterocycles. The Labute approximate surface area is 196 Å². The number of methoxy groups -OCH3 is 1. The lowest BCUT2D eigenvalue weighted by molar-refractivity contribution is -0.116. The topological polar surface area (TPSA) is 107 Å². The second kappa shape index (κ2) is 11.9. The van der Waals surface area contributed by atoms with E-state index >= 15 is 0 Å². The highest BCUT2D eigenvalue weighted by molar-refractivity contribution is 7.99. The van der Waals surface area contributed by atoms with Crippen molar-refractivity contribution in [1.29, 1.82) is 0 Å². The van der Waals surface area contributed by atoms with Crippen LogP contribution in [-0.4, -0.2) is 46.0 Å². The Bertz CT molecular complexity index is 1070. The van der Waals surface area contributed by atoms with Gasteiger partial charge < -0.3 is 24.7 Å². The fraction of sp³-hybridized carbons (Fsp3) is 0.304. The molecule has 0 aliphatic carbocycles. The van der Waals surface area contributed by atoms with Gasteiger partial charge in [0.25, 0.3) is 0 Å². The largest absolute Gasteiger partial charge is 0.497 e. The molecule has 9 nitrogen and oxygen atoms in total. The fourth-order valence-electron chi connectivity index (χ4n) is 3.03. The van der Waals surface area contributed by atoms with Crippen molar-refractivity contribution >= 4 is 35.0 Å². The Morgan fingerprint density at radius 3 is 2.09 bits per heavy atom. The van der Waals surface area contributed by atoms with E-state index in [-0.39, 0.29) is 24.0 Å². The minimum absolute atomic E-state index is 0.0760. The van der Waals surface area contributed by atoms with Crippen molar-refractivity contribution < 1.29 is 19.1 Å². The number of carbonyl (C=O) groups excluding carboxylic acids is 2. The molecule has 0 aliphatic heterocycles. The number of hydrogen-bond acceptors (Lipinski definition) is 7. The van der Waals surface area contributed by atoms with Gasteiger partial charge in [-0.1, -0.05) is 11.8 Å². The third-order valence-corrected chi connectivity index (χ3v) is 5.55. The average Bonchev–Trinajstić information content (AvgIpc) is 3.20. The van der Waals surface area contributed by atoms with E-state index < -0.39 is 0 Å². The molecule has 0 fully saturated rings. The monoisotopic (exact) mass is 469 g/mol. The summed E-state index contributed by atoms with van der Waals surface area (Å²) in [5.41, 5.74) is 1.36. The molecular formula is C23H27N5O4S. The normalized spacial score (nSPS) is 10.5. The first-order valence-electron chi connectivity index (χ1n) is 10.5. The number of carbonyl (C=O) groups is 2. The molecule has 0 aliphatic rings. The number of hydrogen-bond donors (Lipinski definition) is 2. The zero-order valence-corrected chi connectivity index (χ0v) is 19.6. The highest BCUT2D eigenvalue weighted by atomic mass is 32.2. The first kappa shape index (κ1) is 24.1. The molecule has 2 aromatic carbocycles. The molecule has 0 spiro atoms. The van der Waals surface area contributed by atoms with Crippen LogP contribution in [0.1, 0.15) is 19.7 Å². The van der Waals surface area contributed by atoms with Crippen LogP contribution in [0.4, 0.5) is 11.4 Å². The Morgan fingerprint density at radius 1 is 0.909 bits per heavy atom. The quantitative estimate of drug-likeness (QED) is 0.413. The second-order valence-electron chi connectivity index (χ2n) is 6.89. The predicted molar refractivity (Wildman–Crippen MR) is 128 cm³/mol. The molecule has 3 aromatic rings. The maximum atomic E-state index is 12.5. The van der Waals surface area contributed by atoms with Crippen LogP contribution in [-0.2, 0) is 22.6 Å². The molecule has 0 bridgehead atoms. The van der Waals surface area contributed by atoms with E-state index in [4.69, 9.17) is 9.47 Å². The molecule has 2 amide bonds. The summed E-state index contributed by atoms with van der Waals surface area (Å²) in [6, 6.07) is 14.3. The minimum Gasteiger partial charge on any atom is -0.497 e. The molecule has 3 rings (SSSR count). The van der Waals surface area contributed by atoms with Crippen molar-refractivity contribution in [1.82, 2.24) is 14.8 Å². The molecule has 10 heteroatoms. The SMILES string of the molecule is CCOc1ccc(NC(=O)Cc2nnc(SCC(=O)Nc3ccc(OC)cc3)n2CC)cc1. The third-order valence-electron chi connectivity index (χ3n) is 4.58. The maximum absolute atomic E-state index is 12.5. The molecule has 0 unspecified atom stereocenters. The van der Waals surface area contributed by atoms with Crippen LogP contribution in [0.15, 0.2) is 53.7 Å². The second-order valence-corrected chi connectivity index (χ2v) is 7.83. The molecule has 174 valence electrons. The predicted octanol–water partition coefficient (Wildman–Crippen LogP) is 3.62. The smallest absolute Gasteiger partial charge is 0.234 e. The van der Waals surface area contributed by atoms with Gasteiger partial charge in [-0.2, -0.15) is 0 Å². The standard InChI is InChI=1S/C23H27N5O4S/c1-4-28-20(14-21(29)24-16-8-12-19(13-9-16)32-5-2)26-27-23(28)33-15-22(30)25-17-6-10-18(31-3)11-7-17/h6-13H,4-5,14-15H2,1-3H3,(H,24,29)(H,25,30). The Morgan fingerprint density at radius 2 is 1.52 bits per heavy atom. The summed E-state index contributed by atoms with van der Waals surface area (Å²) in [5, 5.41) is 14.6. The zero-order valence-electron chi connectivity index (χ0n) is 18.8. The van der Waals surface area contributed by atoms with Gasteiger partial charge in [-0.15, -0.1) is 10.2 Å². The molecule has 2 N–H and O–H groups in total. The van der Waals surface area contributed by atoms with Crippen LogP contribution in [0.5, 0.6) is 11.5 Å². The van der Waals surface area contributed by atoms with E-state index in [0.29, 0.717) is 35.5 Å². The van der Waals surface area contributed by atoms with Crippen molar-refractivity contribution in [2.75, 3.05) is 30.1 Å². The number of benzene rings is 2. The van der Waals surface area contributed by atoms with Crippen LogP contribution in [0.3, 0.4) is 0 Å². The van der Waals surface area contributed by atoms with Gasteiger partial charge in [0.1, 0.15) is 17.3 Å². The maximum Gasteiger partial charge on any atom is 0.234 e. The van der Waals surface area contributed by atoms with E-state index in [9.17, 15) is 9.59 Å². The zero-order chi connectivity index (χ0) is 23.6. The molecule has 1 heterocycles. The lowest BCUT2D eigenvalue weighted by Gasteiger charge is -2.09. The number of rotatable bonds is 11. The molecule has 33 heavy (non-hydrogen) atoms. The van der Waals surface area contributed by atoms with Crippen molar-refractivity contribution in [2.24, 2.45) is 0 Å². The van der Waals surface area contributed by atoms with Gasteiger partial charge in [-0.25, -0.2) is 0 Å². The average molecular weight is 470 g/mol. The first-order chi connectivity index (χ1) is 16.0. The Hall–Kier alpha value is -3.53. The van der Waals surface area contributed by atoms with Gasteiger partial charge in [0.15, 0.2) is 5.16 Å². The van der Waals surface area contributed by atoms with Crippen LogP contribution in [0.2, 0.25) is 0 Å². The third kappa shape index (κ3) is 6.98. The first-order valence-corrected chi connectivity index (χ1v) is 11.5. The summed E-state index contributed by atoms with van der Waals surface area (Å²) < 4.78 is 12.4. The van der Waals surface area contributed by atoms with Gasteiger partial charge in [0.05, 0.1) is 25.9 Å². The van der Waals surface area contributed by atoms with Crippen molar-refractivity contribution in [3.8, 4) is 11.5 Å². The highest BCUT2D eigenvalue weighted by Crippen LogP contribution is 2.20. The van der Waals surface area contributed by atoms with Crippen LogP contribution in [0.25, 0.3) is 0 Å². The minimum atomic E-state index is -0.199. The van der Waals surface area contributed by atoms with Crippen molar-refractivity contribution in [3.63, 3.8) is 0 Å². The molecule has 0 saturated carbocycles. The van der Waals surface area contributed by atoms with E-state index in [1.807, 2.05) is 18.4 Å². The van der Waals surface area contributed by atoms with Gasteiger partial charge >= 0.3 is 0 Å². The number of nitrogens with zero attached hydrogens (tertiary/aromatic N) is 3. The number of ether oxygens (including phenoxy) is 2. The van der Waals surface area contributed by atoms with Gasteiger partial charge in [0, 0.05) is 17.9 Å². The number of nitrogens with one attached hydrogen (secondary N) is 2. The fourth-order valence-corrected chi connectivity index (χ4v) is 3.85. The molecule has 0 atom stereocenters. The lowest BCUT2D eigenvalue weighted by Crippen LogP contribution is -2.18. The van der Waals surface area contributed by atoms with Crippen molar-refractivity contribution in [3.05, 3.63) is 54.4 Å². The summed E-state index contributed by atoms with van der Waals surface area (Å²) in [5.74, 6) is 1.82. The lowest BCUT2D eigenvalue weighted by atomic mass is 10.3. The van der Waals surface area contributed by atoms with Crippen molar-refractivity contribution in [2.45, 2.75) is 32.0 Å². The summed E-state index contributed by atoms with van der Waals surface area (Å²) in [4.78, 5) is 24.8. The van der Waals surface area contributed by atoms with Gasteiger partial charge in [0.2, 0.25) is 11.8 Å². The number of anilines is 2. The molecule has 0 radical (unpaired) electrons. The van der Waals surface area contributed by atoms with E-state index in [2.05, 4.69) is 20.8 Å². The highest BCUT2D eigenvalue weighted by Gasteiger charge is 2.16.